The number of carbonyl (C=O) groups excluding carboxylic acids is 1. The molecule has 0 atom stereocenters. The third-order valence-corrected chi connectivity index (χ3v) is 4.75. The number of amides is 1. The monoisotopic (exact) mass is 393 g/mol. The quantitative estimate of drug-likeness (QED) is 0.497. The van der Waals surface area contributed by atoms with E-state index in [1.807, 2.05) is 79.7 Å². The minimum Gasteiger partial charge on any atom is -0.493 e. The minimum atomic E-state index is -0.158. The Morgan fingerprint density at radius 3 is 2.14 bits per heavy atom. The molecule has 1 N–H and O–H groups in total. The first-order valence-electron chi connectivity index (χ1n) is 9.41. The SMILES string of the molecule is Cc1cc(Cl)ccc1OCCCC(=O)NC(c1ccccc1)c1ccccc1. The van der Waals surface area contributed by atoms with E-state index in [9.17, 15) is 4.79 Å². The predicted molar refractivity (Wildman–Crippen MR) is 114 cm³/mol. The summed E-state index contributed by atoms with van der Waals surface area (Å²) in [6.07, 6.45) is 1.05. The lowest BCUT2D eigenvalue weighted by Gasteiger charge is -2.20. The van der Waals surface area contributed by atoms with E-state index in [2.05, 4.69) is 5.32 Å². The van der Waals surface area contributed by atoms with Gasteiger partial charge in [0.2, 0.25) is 5.91 Å². The van der Waals surface area contributed by atoms with Crippen LogP contribution in [0.15, 0.2) is 78.9 Å². The van der Waals surface area contributed by atoms with Crippen LogP contribution >= 0.6 is 11.6 Å². The first-order chi connectivity index (χ1) is 13.6. The van der Waals surface area contributed by atoms with Gasteiger partial charge in [-0.15, -0.1) is 0 Å². The van der Waals surface area contributed by atoms with E-state index in [1.54, 1.807) is 6.07 Å². The second kappa shape index (κ2) is 9.95. The fraction of sp³-hybridized carbons (Fsp3) is 0.208. The molecule has 0 aliphatic heterocycles. The summed E-state index contributed by atoms with van der Waals surface area (Å²) < 4.78 is 5.78. The Morgan fingerprint density at radius 1 is 0.964 bits per heavy atom. The van der Waals surface area contributed by atoms with Crippen molar-refractivity contribution < 1.29 is 9.53 Å². The van der Waals surface area contributed by atoms with Crippen LogP contribution in [0, 0.1) is 6.92 Å². The van der Waals surface area contributed by atoms with Crippen molar-refractivity contribution in [3.63, 3.8) is 0 Å². The summed E-state index contributed by atoms with van der Waals surface area (Å²) in [4.78, 5) is 12.5. The zero-order valence-electron chi connectivity index (χ0n) is 15.9. The van der Waals surface area contributed by atoms with Crippen molar-refractivity contribution in [3.05, 3.63) is 101 Å². The zero-order valence-corrected chi connectivity index (χ0v) is 16.7. The van der Waals surface area contributed by atoms with Crippen LogP contribution in [0.2, 0.25) is 5.02 Å². The molecular formula is C24H24ClNO2. The first-order valence-corrected chi connectivity index (χ1v) is 9.79. The summed E-state index contributed by atoms with van der Waals surface area (Å²) in [5, 5.41) is 3.85. The molecule has 3 nitrogen and oxygen atoms in total. The highest BCUT2D eigenvalue weighted by Gasteiger charge is 2.16. The molecule has 0 aromatic heterocycles. The van der Waals surface area contributed by atoms with Crippen molar-refractivity contribution >= 4 is 17.5 Å². The summed E-state index contributed by atoms with van der Waals surface area (Å²) in [5.74, 6) is 0.811. The average molecular weight is 394 g/mol. The molecule has 0 bridgehead atoms. The van der Waals surface area contributed by atoms with Gasteiger partial charge in [-0.25, -0.2) is 0 Å². The molecular weight excluding hydrogens is 370 g/mol. The number of rotatable bonds is 8. The largest absolute Gasteiger partial charge is 0.493 e. The third kappa shape index (κ3) is 5.61. The van der Waals surface area contributed by atoms with Crippen molar-refractivity contribution in [2.75, 3.05) is 6.61 Å². The first kappa shape index (κ1) is 20.0. The van der Waals surface area contributed by atoms with Gasteiger partial charge in [0.1, 0.15) is 5.75 Å². The highest BCUT2D eigenvalue weighted by Crippen LogP contribution is 2.23. The van der Waals surface area contributed by atoms with Gasteiger partial charge in [0.25, 0.3) is 0 Å². The zero-order chi connectivity index (χ0) is 19.8. The Kier molecular flexibility index (Phi) is 7.10. The summed E-state index contributed by atoms with van der Waals surface area (Å²) in [5.41, 5.74) is 3.12. The molecule has 0 saturated carbocycles. The lowest BCUT2D eigenvalue weighted by Crippen LogP contribution is -2.29. The van der Waals surface area contributed by atoms with E-state index in [0.717, 1.165) is 22.4 Å². The van der Waals surface area contributed by atoms with E-state index >= 15 is 0 Å². The Morgan fingerprint density at radius 2 is 1.57 bits per heavy atom. The van der Waals surface area contributed by atoms with Crippen molar-refractivity contribution in [2.24, 2.45) is 0 Å². The van der Waals surface area contributed by atoms with Gasteiger partial charge in [-0.2, -0.15) is 0 Å². The Bertz CT molecular complexity index is 857. The fourth-order valence-corrected chi connectivity index (χ4v) is 3.30. The molecule has 0 spiro atoms. The van der Waals surface area contributed by atoms with Crippen LogP contribution in [0.3, 0.4) is 0 Å². The van der Waals surface area contributed by atoms with E-state index in [-0.39, 0.29) is 11.9 Å². The summed E-state index contributed by atoms with van der Waals surface area (Å²) in [7, 11) is 0. The second-order valence-electron chi connectivity index (χ2n) is 6.68. The molecule has 0 radical (unpaired) electrons. The summed E-state index contributed by atoms with van der Waals surface area (Å²) in [6, 6.07) is 25.4. The number of nitrogens with one attached hydrogen (secondary N) is 1. The molecule has 0 unspecified atom stereocenters. The summed E-state index contributed by atoms with van der Waals surface area (Å²) in [6.45, 7) is 2.44. The fourth-order valence-electron chi connectivity index (χ4n) is 3.07. The van der Waals surface area contributed by atoms with Crippen LogP contribution in [0.5, 0.6) is 5.75 Å². The van der Waals surface area contributed by atoms with Crippen LogP contribution in [0.25, 0.3) is 0 Å². The number of aryl methyl sites for hydroxylation is 1. The maximum absolute atomic E-state index is 12.5. The predicted octanol–water partition coefficient (Wildman–Crippen LogP) is 5.71. The Balaban J connectivity index is 1.55. The number of hydrogen-bond acceptors (Lipinski definition) is 2. The third-order valence-electron chi connectivity index (χ3n) is 4.51. The number of carbonyl (C=O) groups is 1. The van der Waals surface area contributed by atoms with Gasteiger partial charge in [-0.1, -0.05) is 72.3 Å². The van der Waals surface area contributed by atoms with Crippen molar-refractivity contribution in [2.45, 2.75) is 25.8 Å². The molecule has 144 valence electrons. The maximum atomic E-state index is 12.5. The molecule has 1 amide bonds. The van der Waals surface area contributed by atoms with Gasteiger partial charge in [0, 0.05) is 11.4 Å². The normalized spacial score (nSPS) is 10.7. The van der Waals surface area contributed by atoms with Crippen LogP contribution < -0.4 is 10.1 Å². The molecule has 28 heavy (non-hydrogen) atoms. The average Bonchev–Trinajstić information content (AvgIpc) is 2.72. The van der Waals surface area contributed by atoms with Gasteiger partial charge >= 0.3 is 0 Å². The van der Waals surface area contributed by atoms with Crippen LogP contribution in [-0.2, 0) is 4.79 Å². The molecule has 0 fully saturated rings. The van der Waals surface area contributed by atoms with Crippen molar-refractivity contribution in [1.82, 2.24) is 5.32 Å². The van der Waals surface area contributed by atoms with Gasteiger partial charge in [-0.05, 0) is 48.2 Å². The molecule has 0 aliphatic carbocycles. The number of benzene rings is 3. The Hall–Kier alpha value is -2.78. The van der Waals surface area contributed by atoms with Crippen molar-refractivity contribution in [1.29, 1.82) is 0 Å². The lowest BCUT2D eigenvalue weighted by atomic mass is 9.98. The number of ether oxygens (including phenoxy) is 1. The molecule has 0 aliphatic rings. The van der Waals surface area contributed by atoms with Crippen LogP contribution in [0.1, 0.15) is 35.6 Å². The van der Waals surface area contributed by atoms with E-state index < -0.39 is 0 Å². The molecule has 4 heteroatoms. The van der Waals surface area contributed by atoms with Gasteiger partial charge < -0.3 is 10.1 Å². The molecule has 3 aromatic carbocycles. The molecule has 0 saturated heterocycles. The summed E-state index contributed by atoms with van der Waals surface area (Å²) >= 11 is 5.96. The maximum Gasteiger partial charge on any atom is 0.220 e. The van der Waals surface area contributed by atoms with Gasteiger partial charge in [0.15, 0.2) is 0 Å². The van der Waals surface area contributed by atoms with E-state index in [0.29, 0.717) is 24.5 Å². The smallest absolute Gasteiger partial charge is 0.220 e. The topological polar surface area (TPSA) is 38.3 Å². The van der Waals surface area contributed by atoms with Crippen LogP contribution in [-0.4, -0.2) is 12.5 Å². The Labute approximate surface area is 171 Å². The molecule has 3 aromatic rings. The molecule has 0 heterocycles. The van der Waals surface area contributed by atoms with Crippen molar-refractivity contribution in [3.8, 4) is 5.75 Å². The highest BCUT2D eigenvalue weighted by atomic mass is 35.5. The number of halogens is 1. The van der Waals surface area contributed by atoms with E-state index in [1.165, 1.54) is 0 Å². The minimum absolute atomic E-state index is 0.00846. The standard InChI is InChI=1S/C24H24ClNO2/c1-18-17-21(25)14-15-22(18)28-16-8-13-23(27)26-24(19-9-4-2-5-10-19)20-11-6-3-7-12-20/h2-7,9-12,14-15,17,24H,8,13,16H2,1H3,(H,26,27). The lowest BCUT2D eigenvalue weighted by molar-refractivity contribution is -0.121. The van der Waals surface area contributed by atoms with Gasteiger partial charge in [-0.3, -0.25) is 4.79 Å². The van der Waals surface area contributed by atoms with Crippen LogP contribution in [0.4, 0.5) is 0 Å². The molecule has 3 rings (SSSR count). The second-order valence-corrected chi connectivity index (χ2v) is 7.12. The highest BCUT2D eigenvalue weighted by molar-refractivity contribution is 6.30. The van der Waals surface area contributed by atoms with Gasteiger partial charge in [0.05, 0.1) is 12.6 Å². The van der Waals surface area contributed by atoms with E-state index in [4.69, 9.17) is 16.3 Å². The number of hydrogen-bond donors (Lipinski definition) is 1.